The van der Waals surface area contributed by atoms with E-state index in [0.717, 1.165) is 11.3 Å². The Kier molecular flexibility index (Phi) is 6.80. The molecule has 4 rings (SSSR count). The molecule has 0 saturated carbocycles. The third-order valence-electron chi connectivity index (χ3n) is 4.80. The first-order valence-electron chi connectivity index (χ1n) is 10.2. The van der Waals surface area contributed by atoms with Gasteiger partial charge in [-0.25, -0.2) is 9.78 Å². The number of ether oxygens (including phenoxy) is 2. The molecule has 4 aromatic rings. The molecule has 9 heteroatoms. The molecule has 0 aliphatic heterocycles. The van der Waals surface area contributed by atoms with E-state index in [2.05, 4.69) is 10.3 Å². The molecule has 1 N–H and O–H groups in total. The van der Waals surface area contributed by atoms with E-state index >= 15 is 0 Å². The molecule has 2 heterocycles. The molecule has 0 atom stereocenters. The summed E-state index contributed by atoms with van der Waals surface area (Å²) in [6, 6.07) is 18.2. The van der Waals surface area contributed by atoms with Gasteiger partial charge < -0.3 is 14.8 Å². The van der Waals surface area contributed by atoms with Gasteiger partial charge in [-0.15, -0.1) is 11.3 Å². The number of benzene rings is 2. The topological polar surface area (TPSA) is 99.5 Å². The number of thiophene rings is 1. The van der Waals surface area contributed by atoms with Crippen LogP contribution in [-0.2, 0) is 16.1 Å². The number of anilines is 1. The average molecular weight is 464 g/mol. The third-order valence-corrected chi connectivity index (χ3v) is 5.98. The maximum Gasteiger partial charge on any atom is 0.348 e. The van der Waals surface area contributed by atoms with Crippen molar-refractivity contribution in [2.75, 3.05) is 18.5 Å². The van der Waals surface area contributed by atoms with Crippen molar-refractivity contribution in [2.45, 2.75) is 13.5 Å². The zero-order valence-corrected chi connectivity index (χ0v) is 18.6. The molecule has 0 aliphatic carbocycles. The quantitative estimate of drug-likeness (QED) is 0.316. The first-order chi connectivity index (χ1) is 16.0. The molecule has 0 saturated heterocycles. The summed E-state index contributed by atoms with van der Waals surface area (Å²) in [6.07, 6.45) is 1.31. The number of amides is 1. The van der Waals surface area contributed by atoms with E-state index in [1.165, 1.54) is 10.9 Å². The monoisotopic (exact) mass is 463 g/mol. The Morgan fingerprint density at radius 3 is 2.45 bits per heavy atom. The van der Waals surface area contributed by atoms with Crippen LogP contribution in [0.3, 0.4) is 0 Å². The number of hydrogen-bond donors (Lipinski definition) is 1. The van der Waals surface area contributed by atoms with Gasteiger partial charge in [0.2, 0.25) is 5.91 Å². The van der Waals surface area contributed by atoms with Gasteiger partial charge in [-0.2, -0.15) is 0 Å². The summed E-state index contributed by atoms with van der Waals surface area (Å²) in [4.78, 5) is 42.9. The number of carbonyl (C=O) groups is 2. The maximum absolute atomic E-state index is 13.0. The number of esters is 1. The van der Waals surface area contributed by atoms with Gasteiger partial charge in [0.15, 0.2) is 0 Å². The first-order valence-corrected chi connectivity index (χ1v) is 11.0. The van der Waals surface area contributed by atoms with Crippen molar-refractivity contribution in [1.29, 1.82) is 0 Å². The number of aryl methyl sites for hydroxylation is 1. The Morgan fingerprint density at radius 1 is 1.03 bits per heavy atom. The van der Waals surface area contributed by atoms with E-state index in [1.54, 1.807) is 31.2 Å². The average Bonchev–Trinajstić information content (AvgIpc) is 3.17. The highest BCUT2D eigenvalue weighted by Crippen LogP contribution is 2.27. The first kappa shape index (κ1) is 22.2. The smallest absolute Gasteiger partial charge is 0.348 e. The number of aromatic nitrogens is 2. The lowest BCUT2D eigenvalue weighted by molar-refractivity contribution is -0.116. The van der Waals surface area contributed by atoms with Gasteiger partial charge in [-0.05, 0) is 36.8 Å². The van der Waals surface area contributed by atoms with E-state index in [0.29, 0.717) is 32.1 Å². The summed E-state index contributed by atoms with van der Waals surface area (Å²) in [5.41, 5.74) is 0.736. The van der Waals surface area contributed by atoms with Crippen molar-refractivity contribution in [3.8, 4) is 5.75 Å². The highest BCUT2D eigenvalue weighted by Gasteiger charge is 2.21. The molecular formula is C24H21N3O5S. The molecule has 0 aliphatic rings. The number of fused-ring (bicyclic) bond motifs is 1. The molecule has 0 fully saturated rings. The minimum atomic E-state index is -0.542. The second-order valence-electron chi connectivity index (χ2n) is 7.13. The predicted molar refractivity (Wildman–Crippen MR) is 126 cm³/mol. The molecule has 1 amide bonds. The number of para-hydroxylation sites is 2. The second-order valence-corrected chi connectivity index (χ2v) is 8.12. The summed E-state index contributed by atoms with van der Waals surface area (Å²) in [6.45, 7) is 1.76. The Labute approximate surface area is 193 Å². The molecule has 0 spiro atoms. The molecule has 168 valence electrons. The van der Waals surface area contributed by atoms with Crippen molar-refractivity contribution in [2.24, 2.45) is 0 Å². The van der Waals surface area contributed by atoms with Crippen molar-refractivity contribution in [1.82, 2.24) is 9.55 Å². The van der Waals surface area contributed by atoms with Gasteiger partial charge in [-0.3, -0.25) is 14.2 Å². The SMILES string of the molecule is Cc1c(C(=O)OCCOc2ccccc2)sc2ncn(CC(=O)Nc3ccccc3)c(=O)c12. The number of carbonyl (C=O) groups excluding carboxylic acids is 2. The van der Waals surface area contributed by atoms with Crippen LogP contribution < -0.4 is 15.6 Å². The van der Waals surface area contributed by atoms with Crippen LogP contribution in [0.25, 0.3) is 10.2 Å². The fourth-order valence-corrected chi connectivity index (χ4v) is 4.25. The lowest BCUT2D eigenvalue weighted by Crippen LogP contribution is -2.27. The van der Waals surface area contributed by atoms with E-state index in [-0.39, 0.29) is 31.2 Å². The largest absolute Gasteiger partial charge is 0.490 e. The Bertz CT molecular complexity index is 1330. The van der Waals surface area contributed by atoms with Crippen LogP contribution in [-0.4, -0.2) is 34.6 Å². The molecular weight excluding hydrogens is 442 g/mol. The highest BCUT2D eigenvalue weighted by atomic mass is 32.1. The number of rotatable bonds is 8. The fourth-order valence-electron chi connectivity index (χ4n) is 3.22. The van der Waals surface area contributed by atoms with Crippen LogP contribution in [0, 0.1) is 6.92 Å². The summed E-state index contributed by atoms with van der Waals surface area (Å²) in [5, 5.41) is 3.04. The highest BCUT2D eigenvalue weighted by molar-refractivity contribution is 7.20. The standard InChI is InChI=1S/C24H21N3O5S/c1-16-20-22(33-21(16)24(30)32-13-12-31-18-10-6-3-7-11-18)25-15-27(23(20)29)14-19(28)26-17-8-4-2-5-9-17/h2-11,15H,12-14H2,1H3,(H,26,28). The van der Waals surface area contributed by atoms with Crippen LogP contribution in [0.5, 0.6) is 5.75 Å². The lowest BCUT2D eigenvalue weighted by atomic mass is 10.2. The number of hydrogen-bond acceptors (Lipinski definition) is 7. The molecule has 2 aromatic heterocycles. The van der Waals surface area contributed by atoms with Gasteiger partial charge in [0, 0.05) is 5.69 Å². The van der Waals surface area contributed by atoms with E-state index < -0.39 is 5.97 Å². The second kappa shape index (κ2) is 10.1. The molecule has 0 unspecified atom stereocenters. The van der Waals surface area contributed by atoms with Crippen LogP contribution in [0.4, 0.5) is 5.69 Å². The van der Waals surface area contributed by atoms with Gasteiger partial charge in [0.1, 0.15) is 35.2 Å². The fraction of sp³-hybridized carbons (Fsp3) is 0.167. The van der Waals surface area contributed by atoms with Crippen molar-refractivity contribution in [3.05, 3.63) is 87.8 Å². The lowest BCUT2D eigenvalue weighted by Gasteiger charge is -2.07. The Balaban J connectivity index is 1.43. The number of nitrogens with one attached hydrogen (secondary N) is 1. The molecule has 33 heavy (non-hydrogen) atoms. The van der Waals surface area contributed by atoms with Crippen molar-refractivity contribution >= 4 is 39.1 Å². The normalized spacial score (nSPS) is 10.7. The zero-order valence-electron chi connectivity index (χ0n) is 17.8. The van der Waals surface area contributed by atoms with E-state index in [4.69, 9.17) is 9.47 Å². The summed E-state index contributed by atoms with van der Waals surface area (Å²) in [5.74, 6) is -0.206. The maximum atomic E-state index is 13.0. The van der Waals surface area contributed by atoms with Crippen molar-refractivity contribution in [3.63, 3.8) is 0 Å². The van der Waals surface area contributed by atoms with Gasteiger partial charge in [0.05, 0.1) is 11.7 Å². The summed E-state index contributed by atoms with van der Waals surface area (Å²) >= 11 is 1.09. The predicted octanol–water partition coefficient (Wildman–Crippen LogP) is 3.64. The minimum Gasteiger partial charge on any atom is -0.490 e. The van der Waals surface area contributed by atoms with Gasteiger partial charge in [0.25, 0.3) is 5.56 Å². The van der Waals surface area contributed by atoms with Gasteiger partial charge >= 0.3 is 5.97 Å². The van der Waals surface area contributed by atoms with E-state index in [1.807, 2.05) is 36.4 Å². The molecule has 2 aromatic carbocycles. The molecule has 0 bridgehead atoms. The molecule has 0 radical (unpaired) electrons. The summed E-state index contributed by atoms with van der Waals surface area (Å²) in [7, 11) is 0. The minimum absolute atomic E-state index is 0.0682. The van der Waals surface area contributed by atoms with Crippen LogP contribution in [0.1, 0.15) is 15.2 Å². The third kappa shape index (κ3) is 5.27. The van der Waals surface area contributed by atoms with Crippen LogP contribution in [0.2, 0.25) is 0 Å². The van der Waals surface area contributed by atoms with Gasteiger partial charge in [-0.1, -0.05) is 36.4 Å². The number of nitrogens with zero attached hydrogens (tertiary/aromatic N) is 2. The van der Waals surface area contributed by atoms with Crippen LogP contribution in [0.15, 0.2) is 71.8 Å². The molecule has 8 nitrogen and oxygen atoms in total. The Morgan fingerprint density at radius 2 is 1.73 bits per heavy atom. The summed E-state index contributed by atoms with van der Waals surface area (Å²) < 4.78 is 12.1. The van der Waals surface area contributed by atoms with E-state index in [9.17, 15) is 14.4 Å². The Hall–Kier alpha value is -3.98. The van der Waals surface area contributed by atoms with Crippen molar-refractivity contribution < 1.29 is 19.1 Å². The van der Waals surface area contributed by atoms with Crippen LogP contribution >= 0.6 is 11.3 Å². The zero-order chi connectivity index (χ0) is 23.2.